The van der Waals surface area contributed by atoms with Crippen LogP contribution in [0.1, 0.15) is 17.0 Å². The van der Waals surface area contributed by atoms with Gasteiger partial charge in [-0.3, -0.25) is 0 Å². The zero-order valence-electron chi connectivity index (χ0n) is 11.6. The molecule has 2 aliphatic rings. The summed E-state index contributed by atoms with van der Waals surface area (Å²) in [5.41, 5.74) is 4.29. The third kappa shape index (κ3) is 1.39. The summed E-state index contributed by atoms with van der Waals surface area (Å²) in [4.78, 5) is 0. The molecule has 5 rings (SSSR count). The predicted molar refractivity (Wildman–Crippen MR) is 90.5 cm³/mol. The van der Waals surface area contributed by atoms with Crippen molar-refractivity contribution in [2.45, 2.75) is 5.92 Å². The topological polar surface area (TPSA) is 0 Å². The van der Waals surface area contributed by atoms with Crippen molar-refractivity contribution < 1.29 is 0 Å². The highest BCUT2D eigenvalue weighted by molar-refractivity contribution is 6.14. The summed E-state index contributed by atoms with van der Waals surface area (Å²) in [7, 11) is 0. The lowest BCUT2D eigenvalue weighted by Gasteiger charge is -2.17. The van der Waals surface area contributed by atoms with Gasteiger partial charge >= 0.3 is 0 Å². The Labute approximate surface area is 123 Å². The van der Waals surface area contributed by atoms with Crippen LogP contribution in [0.5, 0.6) is 0 Å². The highest BCUT2D eigenvalue weighted by Gasteiger charge is 2.26. The molecule has 0 spiro atoms. The maximum atomic E-state index is 2.37. The van der Waals surface area contributed by atoms with Gasteiger partial charge in [-0.15, -0.1) is 0 Å². The molecule has 0 fully saturated rings. The van der Waals surface area contributed by atoms with Crippen LogP contribution in [0.4, 0.5) is 0 Å². The summed E-state index contributed by atoms with van der Waals surface area (Å²) in [5, 5.41) is 5.48. The number of fused-ring (bicyclic) bond motifs is 8. The number of benzene rings is 3. The second kappa shape index (κ2) is 3.95. The fraction of sp³-hybridized carbons (Fsp3) is 0.0476. The molecule has 0 heterocycles. The van der Waals surface area contributed by atoms with E-state index in [-0.39, 0.29) is 0 Å². The lowest BCUT2D eigenvalue weighted by atomic mass is 9.86. The van der Waals surface area contributed by atoms with E-state index < -0.39 is 0 Å². The number of hydrogen-bond donors (Lipinski definition) is 0. The number of hydrogen-bond acceptors (Lipinski definition) is 0. The summed E-state index contributed by atoms with van der Waals surface area (Å²) < 4.78 is 0. The minimum Gasteiger partial charge on any atom is -0.0726 e. The number of rotatable bonds is 0. The first-order chi connectivity index (χ1) is 10.4. The zero-order chi connectivity index (χ0) is 13.8. The van der Waals surface area contributed by atoms with Gasteiger partial charge in [0.15, 0.2) is 0 Å². The Hall–Kier alpha value is -2.60. The van der Waals surface area contributed by atoms with Crippen LogP contribution in [0, 0.1) is 0 Å². The van der Waals surface area contributed by atoms with Gasteiger partial charge in [0.2, 0.25) is 0 Å². The van der Waals surface area contributed by atoms with Crippen LogP contribution in [0.2, 0.25) is 0 Å². The average molecular weight is 266 g/mol. The van der Waals surface area contributed by atoms with Gasteiger partial charge in [-0.1, -0.05) is 72.8 Å². The molecule has 1 unspecified atom stereocenters. The van der Waals surface area contributed by atoms with Crippen LogP contribution in [0.3, 0.4) is 0 Å². The lowest BCUT2D eigenvalue weighted by molar-refractivity contribution is 1.07. The Kier molecular flexibility index (Phi) is 2.09. The first-order valence-electron chi connectivity index (χ1n) is 7.43. The van der Waals surface area contributed by atoms with Gasteiger partial charge in [-0.05, 0) is 44.3 Å². The van der Waals surface area contributed by atoms with Gasteiger partial charge < -0.3 is 0 Å². The lowest BCUT2D eigenvalue weighted by Crippen LogP contribution is -1.98. The molecule has 0 saturated carbocycles. The largest absolute Gasteiger partial charge is 0.0726 e. The third-order valence-electron chi connectivity index (χ3n) is 4.70. The molecule has 0 N–H and O–H groups in total. The van der Waals surface area contributed by atoms with E-state index >= 15 is 0 Å². The molecule has 0 nitrogen and oxygen atoms in total. The van der Waals surface area contributed by atoms with Crippen molar-refractivity contribution in [3.05, 3.63) is 89.5 Å². The average Bonchev–Trinajstić information content (AvgIpc) is 2.95. The number of allylic oxidation sites excluding steroid dienone is 5. The molecule has 0 heteroatoms. The van der Waals surface area contributed by atoms with Crippen molar-refractivity contribution in [2.24, 2.45) is 0 Å². The fourth-order valence-electron chi connectivity index (χ4n) is 3.81. The molecule has 0 aliphatic heterocycles. The Morgan fingerprint density at radius 2 is 1.33 bits per heavy atom. The Morgan fingerprint density at radius 3 is 2.14 bits per heavy atom. The zero-order valence-corrected chi connectivity index (χ0v) is 11.6. The molecule has 98 valence electrons. The quantitative estimate of drug-likeness (QED) is 0.465. The van der Waals surface area contributed by atoms with E-state index in [1.165, 1.54) is 38.2 Å². The highest BCUT2D eigenvalue weighted by Crippen LogP contribution is 2.46. The van der Waals surface area contributed by atoms with E-state index in [1.54, 1.807) is 0 Å². The summed E-state index contributed by atoms with van der Waals surface area (Å²) in [5.74, 6) is 0.416. The molecule has 0 bridgehead atoms. The molecule has 1 atom stereocenters. The van der Waals surface area contributed by atoms with E-state index in [0.29, 0.717) is 5.92 Å². The van der Waals surface area contributed by atoms with Gasteiger partial charge in [-0.2, -0.15) is 0 Å². The van der Waals surface area contributed by atoms with E-state index in [0.717, 1.165) is 0 Å². The van der Waals surface area contributed by atoms with E-state index in [2.05, 4.69) is 78.9 Å². The minimum atomic E-state index is 0.416. The molecule has 0 aromatic heterocycles. The Balaban J connectivity index is 2.04. The van der Waals surface area contributed by atoms with Crippen LogP contribution in [-0.2, 0) is 0 Å². The monoisotopic (exact) mass is 266 g/mol. The van der Waals surface area contributed by atoms with Crippen molar-refractivity contribution in [2.75, 3.05) is 0 Å². The van der Waals surface area contributed by atoms with Gasteiger partial charge in [0, 0.05) is 5.92 Å². The smallest absolute Gasteiger partial charge is 0.0285 e. The molecule has 3 aromatic rings. The Bertz CT molecular complexity index is 984. The van der Waals surface area contributed by atoms with Crippen molar-refractivity contribution in [3.8, 4) is 0 Å². The molecule has 0 saturated heterocycles. The third-order valence-corrected chi connectivity index (χ3v) is 4.70. The summed E-state index contributed by atoms with van der Waals surface area (Å²) in [6, 6.07) is 17.6. The van der Waals surface area contributed by atoms with E-state index in [9.17, 15) is 0 Å². The maximum absolute atomic E-state index is 2.37. The van der Waals surface area contributed by atoms with Crippen LogP contribution in [-0.4, -0.2) is 0 Å². The normalized spacial score (nSPS) is 18.9. The molecular formula is C21H14. The Morgan fingerprint density at radius 1 is 0.667 bits per heavy atom. The summed E-state index contributed by atoms with van der Waals surface area (Å²) >= 11 is 0. The molecule has 0 amide bonds. The van der Waals surface area contributed by atoms with E-state index in [1.807, 2.05) is 0 Å². The van der Waals surface area contributed by atoms with Crippen LogP contribution in [0.25, 0.3) is 27.6 Å². The van der Waals surface area contributed by atoms with Crippen LogP contribution in [0.15, 0.2) is 78.4 Å². The maximum Gasteiger partial charge on any atom is 0.0285 e. The van der Waals surface area contributed by atoms with Gasteiger partial charge in [0.05, 0.1) is 0 Å². The van der Waals surface area contributed by atoms with Crippen LogP contribution < -0.4 is 0 Å². The van der Waals surface area contributed by atoms with Gasteiger partial charge in [0.25, 0.3) is 0 Å². The second-order valence-corrected chi connectivity index (χ2v) is 5.78. The molecular weight excluding hydrogens is 252 g/mol. The standard InChI is InChI=1S/C21H14/c1-2-8-15-14(7-1)13-20-18-11-4-3-9-16(18)17-10-5-6-12-19(17)21(15)20/h1-13,15H. The predicted octanol–water partition coefficient (Wildman–Crippen LogP) is 5.60. The second-order valence-electron chi connectivity index (χ2n) is 5.78. The van der Waals surface area contributed by atoms with Crippen molar-refractivity contribution in [3.63, 3.8) is 0 Å². The summed E-state index contributed by atoms with van der Waals surface area (Å²) in [6.45, 7) is 0. The first-order valence-corrected chi connectivity index (χ1v) is 7.43. The van der Waals surface area contributed by atoms with Crippen molar-refractivity contribution in [1.29, 1.82) is 0 Å². The highest BCUT2D eigenvalue weighted by atomic mass is 14.3. The van der Waals surface area contributed by atoms with Gasteiger partial charge in [0.1, 0.15) is 0 Å². The van der Waals surface area contributed by atoms with E-state index in [4.69, 9.17) is 0 Å². The fourth-order valence-corrected chi connectivity index (χ4v) is 3.81. The minimum absolute atomic E-state index is 0.416. The molecule has 21 heavy (non-hydrogen) atoms. The van der Waals surface area contributed by atoms with Crippen molar-refractivity contribution in [1.82, 2.24) is 0 Å². The molecule has 2 aliphatic carbocycles. The van der Waals surface area contributed by atoms with Gasteiger partial charge in [-0.25, -0.2) is 0 Å². The van der Waals surface area contributed by atoms with Crippen LogP contribution >= 0.6 is 0 Å². The van der Waals surface area contributed by atoms with Crippen molar-refractivity contribution >= 4 is 27.6 Å². The molecule has 0 radical (unpaired) electrons. The molecule has 3 aromatic carbocycles. The SMILES string of the molecule is C1=CC2=Cc3c(c4ccccc4c4ccccc34)C2C=C1. The summed E-state index contributed by atoms with van der Waals surface area (Å²) in [6.07, 6.45) is 11.2. The first kappa shape index (κ1) is 11.1.